The third kappa shape index (κ3) is 6.73. The molecule has 0 radical (unpaired) electrons. The molecule has 1 amide bonds. The number of guanidine groups is 1. The second kappa shape index (κ2) is 11.2. The number of aliphatic imine (C=N–C) groups is 1. The number of carbonyl (C=O) groups is 1. The Morgan fingerprint density at radius 1 is 1.52 bits per heavy atom. The van der Waals surface area contributed by atoms with Crippen LogP contribution in [-0.4, -0.2) is 61.4 Å². The van der Waals surface area contributed by atoms with E-state index in [0.717, 1.165) is 19.4 Å². The minimum atomic E-state index is -0.767. The van der Waals surface area contributed by atoms with Gasteiger partial charge in [-0.2, -0.15) is 0 Å². The highest BCUT2D eigenvalue weighted by Gasteiger charge is 2.23. The lowest BCUT2D eigenvalue weighted by atomic mass is 10.1. The summed E-state index contributed by atoms with van der Waals surface area (Å²) >= 11 is 0. The van der Waals surface area contributed by atoms with Crippen LogP contribution in [0.3, 0.4) is 0 Å². The summed E-state index contributed by atoms with van der Waals surface area (Å²) in [7, 11) is 1.40. The van der Waals surface area contributed by atoms with Gasteiger partial charge in [0, 0.05) is 25.7 Å². The summed E-state index contributed by atoms with van der Waals surface area (Å²) in [5.41, 5.74) is 0. The summed E-state index contributed by atoms with van der Waals surface area (Å²) in [4.78, 5) is 17.6. The topological polar surface area (TPSA) is 99.3 Å². The Hall–Kier alpha value is -1.49. The van der Waals surface area contributed by atoms with Gasteiger partial charge in [0.1, 0.15) is 11.9 Å². The van der Waals surface area contributed by atoms with Gasteiger partial charge < -0.3 is 29.8 Å². The van der Waals surface area contributed by atoms with E-state index in [2.05, 4.69) is 15.6 Å². The number of ether oxygens (including phenoxy) is 1. The summed E-state index contributed by atoms with van der Waals surface area (Å²) in [5.74, 6) is 1.15. The molecule has 3 N–H and O–H groups in total. The number of rotatable bonds is 5. The molecule has 0 aliphatic carbocycles. The third-order valence-corrected chi connectivity index (χ3v) is 3.91. The summed E-state index contributed by atoms with van der Waals surface area (Å²) < 4.78 is 9.91. The molecular formula is C16H27IN4O4. The zero-order chi connectivity index (χ0) is 17.4. The first kappa shape index (κ1) is 21.6. The molecule has 142 valence electrons. The lowest BCUT2D eigenvalue weighted by Gasteiger charge is -2.32. The van der Waals surface area contributed by atoms with Crippen molar-refractivity contribution in [1.82, 2.24) is 15.5 Å². The van der Waals surface area contributed by atoms with E-state index < -0.39 is 6.10 Å². The predicted molar refractivity (Wildman–Crippen MR) is 105 cm³/mol. The highest BCUT2D eigenvalue weighted by molar-refractivity contribution is 14.0. The van der Waals surface area contributed by atoms with Crippen molar-refractivity contribution >= 4 is 36.0 Å². The number of methoxy groups -OCH3 is 1. The summed E-state index contributed by atoms with van der Waals surface area (Å²) in [5, 5.41) is 16.6. The third-order valence-electron chi connectivity index (χ3n) is 3.91. The van der Waals surface area contributed by atoms with Crippen LogP contribution in [0.25, 0.3) is 0 Å². The van der Waals surface area contributed by atoms with Gasteiger partial charge in [-0.1, -0.05) is 0 Å². The Morgan fingerprint density at radius 3 is 2.80 bits per heavy atom. The molecule has 9 heteroatoms. The quantitative estimate of drug-likeness (QED) is 0.347. The zero-order valence-corrected chi connectivity index (χ0v) is 16.9. The van der Waals surface area contributed by atoms with Crippen LogP contribution < -0.4 is 10.6 Å². The molecule has 1 aliphatic rings. The smallest absolute Gasteiger partial charge is 0.409 e. The van der Waals surface area contributed by atoms with Crippen LogP contribution in [0, 0.1) is 0 Å². The molecule has 1 aromatic heterocycles. The van der Waals surface area contributed by atoms with Crippen LogP contribution >= 0.6 is 24.0 Å². The van der Waals surface area contributed by atoms with Gasteiger partial charge in [0.25, 0.3) is 0 Å². The van der Waals surface area contributed by atoms with Crippen LogP contribution in [-0.2, 0) is 4.74 Å². The van der Waals surface area contributed by atoms with E-state index >= 15 is 0 Å². The Morgan fingerprint density at radius 2 is 2.24 bits per heavy atom. The number of hydrogen-bond acceptors (Lipinski definition) is 5. The minimum absolute atomic E-state index is 0. The first-order chi connectivity index (χ1) is 11.6. The van der Waals surface area contributed by atoms with Gasteiger partial charge >= 0.3 is 6.09 Å². The average Bonchev–Trinajstić information content (AvgIpc) is 3.14. The van der Waals surface area contributed by atoms with E-state index in [4.69, 9.17) is 9.15 Å². The maximum Gasteiger partial charge on any atom is 0.409 e. The Kier molecular flexibility index (Phi) is 9.65. The van der Waals surface area contributed by atoms with Crippen molar-refractivity contribution in [2.24, 2.45) is 4.99 Å². The summed E-state index contributed by atoms with van der Waals surface area (Å²) in [6.45, 7) is 4.23. The molecule has 1 aromatic rings. The number of piperidine rings is 1. The highest BCUT2D eigenvalue weighted by Crippen LogP contribution is 2.14. The van der Waals surface area contributed by atoms with Crippen LogP contribution in [0.4, 0.5) is 4.79 Å². The molecule has 25 heavy (non-hydrogen) atoms. The molecule has 0 spiro atoms. The number of nitrogens with one attached hydrogen (secondary N) is 2. The van der Waals surface area contributed by atoms with Gasteiger partial charge in [-0.05, 0) is 31.9 Å². The maximum absolute atomic E-state index is 11.5. The average molecular weight is 466 g/mol. The number of likely N-dealkylation sites (tertiary alicyclic amines) is 1. The molecule has 1 saturated heterocycles. The molecular weight excluding hydrogens is 439 g/mol. The first-order valence-corrected chi connectivity index (χ1v) is 8.23. The number of amides is 1. The van der Waals surface area contributed by atoms with Gasteiger partial charge in [-0.3, -0.25) is 4.99 Å². The molecule has 8 nitrogen and oxygen atoms in total. The summed E-state index contributed by atoms with van der Waals surface area (Å²) in [6.07, 6.45) is 2.12. The van der Waals surface area contributed by atoms with Crippen molar-refractivity contribution in [3.63, 3.8) is 0 Å². The first-order valence-electron chi connectivity index (χ1n) is 8.23. The Balaban J connectivity index is 0.00000312. The lowest BCUT2D eigenvalue weighted by Crippen LogP contribution is -2.49. The van der Waals surface area contributed by atoms with Crippen LogP contribution in [0.15, 0.2) is 27.8 Å². The number of aliphatic hydroxyl groups excluding tert-OH is 1. The number of carbonyl (C=O) groups excluding carboxylic acids is 1. The standard InChI is InChI=1S/C16H26N4O4.HI/c1-3-17-15(18-11-13(21)14-5-4-10-24-14)19-12-6-8-20(9-7-12)16(22)23-2;/h4-5,10,12-13,21H,3,6-9,11H2,1-2H3,(H2,17,18,19);1H. The molecule has 1 aliphatic heterocycles. The highest BCUT2D eigenvalue weighted by atomic mass is 127. The zero-order valence-electron chi connectivity index (χ0n) is 14.6. The molecule has 0 saturated carbocycles. The van der Waals surface area contributed by atoms with E-state index in [1.165, 1.54) is 13.4 Å². The Labute approximate surface area is 165 Å². The molecule has 1 fully saturated rings. The van der Waals surface area contributed by atoms with Crippen molar-refractivity contribution in [2.45, 2.75) is 31.9 Å². The van der Waals surface area contributed by atoms with Crippen molar-refractivity contribution in [3.8, 4) is 0 Å². The fraction of sp³-hybridized carbons (Fsp3) is 0.625. The van der Waals surface area contributed by atoms with Crippen molar-refractivity contribution in [2.75, 3.05) is 33.3 Å². The van der Waals surface area contributed by atoms with Gasteiger partial charge in [-0.25, -0.2) is 4.79 Å². The predicted octanol–water partition coefficient (Wildman–Crippen LogP) is 1.72. The number of aliphatic hydroxyl groups is 1. The fourth-order valence-electron chi connectivity index (χ4n) is 2.60. The van der Waals surface area contributed by atoms with Gasteiger partial charge in [0.05, 0.1) is 19.9 Å². The van der Waals surface area contributed by atoms with Crippen LogP contribution in [0.5, 0.6) is 0 Å². The molecule has 1 unspecified atom stereocenters. The van der Waals surface area contributed by atoms with Crippen LogP contribution in [0.1, 0.15) is 31.6 Å². The normalized spacial score (nSPS) is 16.8. The number of nitrogens with zero attached hydrogens (tertiary/aromatic N) is 2. The molecule has 2 rings (SSSR count). The van der Waals surface area contributed by atoms with Crippen molar-refractivity contribution < 1.29 is 19.1 Å². The van der Waals surface area contributed by atoms with Crippen molar-refractivity contribution in [3.05, 3.63) is 24.2 Å². The molecule has 0 bridgehead atoms. The van der Waals surface area contributed by atoms with Gasteiger partial charge in [-0.15, -0.1) is 24.0 Å². The van der Waals surface area contributed by atoms with E-state index in [1.54, 1.807) is 17.0 Å². The maximum atomic E-state index is 11.5. The fourth-order valence-corrected chi connectivity index (χ4v) is 2.60. The SMILES string of the molecule is CCNC(=NCC(O)c1ccco1)NC1CCN(C(=O)OC)CC1.I. The van der Waals surface area contributed by atoms with E-state index in [1.807, 2.05) is 6.92 Å². The summed E-state index contributed by atoms with van der Waals surface area (Å²) in [6, 6.07) is 3.69. The molecule has 1 atom stereocenters. The number of furan rings is 1. The van der Waals surface area contributed by atoms with Gasteiger partial charge in [0.2, 0.25) is 0 Å². The monoisotopic (exact) mass is 466 g/mol. The minimum Gasteiger partial charge on any atom is -0.467 e. The lowest BCUT2D eigenvalue weighted by molar-refractivity contribution is 0.111. The van der Waals surface area contributed by atoms with E-state index in [9.17, 15) is 9.90 Å². The van der Waals surface area contributed by atoms with E-state index in [0.29, 0.717) is 24.8 Å². The Bertz CT molecular complexity index is 530. The molecule has 2 heterocycles. The van der Waals surface area contributed by atoms with Gasteiger partial charge in [0.15, 0.2) is 5.96 Å². The van der Waals surface area contributed by atoms with Crippen LogP contribution in [0.2, 0.25) is 0 Å². The molecule has 0 aromatic carbocycles. The largest absolute Gasteiger partial charge is 0.467 e. The number of halogens is 1. The van der Waals surface area contributed by atoms with E-state index in [-0.39, 0.29) is 42.7 Å². The van der Waals surface area contributed by atoms with Crippen molar-refractivity contribution in [1.29, 1.82) is 0 Å². The number of hydrogen-bond donors (Lipinski definition) is 3. The second-order valence-electron chi connectivity index (χ2n) is 5.63. The second-order valence-corrected chi connectivity index (χ2v) is 5.63.